The number of methoxy groups -OCH3 is 1. The largest absolute Gasteiger partial charge is 0.465 e. The second kappa shape index (κ2) is 10.7. The van der Waals surface area contributed by atoms with Crippen LogP contribution >= 0.6 is 0 Å². The molecule has 3 rings (SSSR count). The number of rotatable bonds is 8. The number of piperidine rings is 1. The molecule has 0 aliphatic carbocycles. The molecule has 2 aromatic carbocycles. The van der Waals surface area contributed by atoms with Gasteiger partial charge in [0.15, 0.2) is 12.4 Å². The molecule has 0 radical (unpaired) electrons. The maximum Gasteiger partial charge on any atom is 0.339 e. The summed E-state index contributed by atoms with van der Waals surface area (Å²) in [6.07, 6.45) is 1.39. The Morgan fingerprint density at radius 1 is 1.00 bits per heavy atom. The van der Waals surface area contributed by atoms with Gasteiger partial charge in [0, 0.05) is 18.7 Å². The quantitative estimate of drug-likeness (QED) is 0.429. The SMILES string of the molecule is CCc1ccc(C(=O)COC(=O)C2CCN(S(=O)(=O)c3ccccc3C(=O)OC)CC2)cc1. The fourth-order valence-corrected chi connectivity index (χ4v) is 5.35. The molecule has 1 fully saturated rings. The van der Waals surface area contributed by atoms with Crippen LogP contribution in [0.5, 0.6) is 0 Å². The second-order valence-electron chi connectivity index (χ2n) is 7.75. The molecule has 1 aliphatic heterocycles. The maximum absolute atomic E-state index is 13.1. The first-order chi connectivity index (χ1) is 15.8. The lowest BCUT2D eigenvalue weighted by Crippen LogP contribution is -2.41. The summed E-state index contributed by atoms with van der Waals surface area (Å²) < 4.78 is 37.3. The van der Waals surface area contributed by atoms with E-state index in [1.807, 2.05) is 19.1 Å². The summed E-state index contributed by atoms with van der Waals surface area (Å²) in [6, 6.07) is 13.0. The van der Waals surface area contributed by atoms with Crippen LogP contribution < -0.4 is 0 Å². The van der Waals surface area contributed by atoms with Crippen molar-refractivity contribution in [1.29, 1.82) is 0 Å². The van der Waals surface area contributed by atoms with Crippen LogP contribution in [0.2, 0.25) is 0 Å². The highest BCUT2D eigenvalue weighted by Crippen LogP contribution is 2.27. The van der Waals surface area contributed by atoms with Gasteiger partial charge in [-0.1, -0.05) is 43.3 Å². The van der Waals surface area contributed by atoms with Crippen molar-refractivity contribution in [3.63, 3.8) is 0 Å². The zero-order valence-corrected chi connectivity index (χ0v) is 19.5. The molecule has 8 nitrogen and oxygen atoms in total. The lowest BCUT2D eigenvalue weighted by molar-refractivity contribution is -0.148. The Hall–Kier alpha value is -3.04. The monoisotopic (exact) mass is 473 g/mol. The van der Waals surface area contributed by atoms with Crippen LogP contribution in [-0.2, 0) is 30.7 Å². The molecule has 0 aromatic heterocycles. The average molecular weight is 474 g/mol. The van der Waals surface area contributed by atoms with Gasteiger partial charge in [0.05, 0.1) is 23.5 Å². The Balaban J connectivity index is 1.57. The minimum atomic E-state index is -3.94. The Morgan fingerprint density at radius 2 is 1.64 bits per heavy atom. The Morgan fingerprint density at radius 3 is 2.24 bits per heavy atom. The minimum absolute atomic E-state index is 0.0352. The molecular weight excluding hydrogens is 446 g/mol. The standard InChI is InChI=1S/C24H27NO7S/c1-3-17-8-10-18(11-9-17)21(26)16-32-23(27)19-12-14-25(15-13-19)33(29,30)22-7-5-4-6-20(22)24(28)31-2/h4-11,19H,3,12-16H2,1-2H3. The Kier molecular flexibility index (Phi) is 7.99. The topological polar surface area (TPSA) is 107 Å². The van der Waals surface area contributed by atoms with E-state index in [1.165, 1.54) is 29.6 Å². The van der Waals surface area contributed by atoms with E-state index < -0.39 is 27.9 Å². The molecule has 9 heteroatoms. The van der Waals surface area contributed by atoms with E-state index in [9.17, 15) is 22.8 Å². The van der Waals surface area contributed by atoms with Crippen LogP contribution in [0.15, 0.2) is 53.4 Å². The molecule has 0 amide bonds. The van der Waals surface area contributed by atoms with Gasteiger partial charge in [-0.2, -0.15) is 4.31 Å². The van der Waals surface area contributed by atoms with Crippen LogP contribution in [0.1, 0.15) is 46.0 Å². The first-order valence-corrected chi connectivity index (χ1v) is 12.2. The van der Waals surface area contributed by atoms with Crippen molar-refractivity contribution < 1.29 is 32.3 Å². The van der Waals surface area contributed by atoms with Gasteiger partial charge < -0.3 is 9.47 Å². The van der Waals surface area contributed by atoms with E-state index in [4.69, 9.17) is 4.74 Å². The van der Waals surface area contributed by atoms with Crippen molar-refractivity contribution >= 4 is 27.7 Å². The molecule has 0 unspecified atom stereocenters. The average Bonchev–Trinajstić information content (AvgIpc) is 2.86. The van der Waals surface area contributed by atoms with Gasteiger partial charge in [0.1, 0.15) is 0 Å². The number of carbonyl (C=O) groups excluding carboxylic acids is 3. The molecule has 0 spiro atoms. The number of Topliss-reactive ketones (excluding diaryl/α,β-unsaturated/α-hetero) is 1. The number of hydrogen-bond donors (Lipinski definition) is 0. The number of aryl methyl sites for hydroxylation is 1. The van der Waals surface area contributed by atoms with Crippen molar-refractivity contribution in [2.24, 2.45) is 5.92 Å². The number of ketones is 1. The summed E-state index contributed by atoms with van der Waals surface area (Å²) in [7, 11) is -2.75. The number of esters is 2. The predicted octanol–water partition coefficient (Wildman–Crippen LogP) is 2.86. The molecule has 0 bridgehead atoms. The summed E-state index contributed by atoms with van der Waals surface area (Å²) >= 11 is 0. The molecule has 176 valence electrons. The second-order valence-corrected chi connectivity index (χ2v) is 9.65. The summed E-state index contributed by atoms with van der Waals surface area (Å²) in [5.41, 5.74) is 1.55. The van der Waals surface area contributed by atoms with Crippen molar-refractivity contribution in [2.75, 3.05) is 26.8 Å². The lowest BCUT2D eigenvalue weighted by atomic mass is 9.98. The molecule has 1 aliphatic rings. The number of carbonyl (C=O) groups is 3. The van der Waals surface area contributed by atoms with Crippen molar-refractivity contribution in [2.45, 2.75) is 31.1 Å². The smallest absolute Gasteiger partial charge is 0.339 e. The van der Waals surface area contributed by atoms with Crippen molar-refractivity contribution in [1.82, 2.24) is 4.31 Å². The molecule has 0 N–H and O–H groups in total. The van der Waals surface area contributed by atoms with Crippen LogP contribution in [-0.4, -0.2) is 57.3 Å². The summed E-state index contributed by atoms with van der Waals surface area (Å²) in [6.45, 7) is 1.87. The van der Waals surface area contributed by atoms with Gasteiger partial charge >= 0.3 is 11.9 Å². The fourth-order valence-electron chi connectivity index (χ4n) is 3.71. The first-order valence-electron chi connectivity index (χ1n) is 10.7. The zero-order valence-electron chi connectivity index (χ0n) is 18.7. The predicted molar refractivity (Wildman–Crippen MR) is 120 cm³/mol. The first kappa shape index (κ1) is 24.6. The van der Waals surface area contributed by atoms with Crippen molar-refractivity contribution in [3.05, 3.63) is 65.2 Å². The van der Waals surface area contributed by atoms with E-state index in [1.54, 1.807) is 18.2 Å². The number of benzene rings is 2. The van der Waals surface area contributed by atoms with Gasteiger partial charge in [0.25, 0.3) is 0 Å². The van der Waals surface area contributed by atoms with Gasteiger partial charge in [-0.05, 0) is 37.0 Å². The van der Waals surface area contributed by atoms with Crippen LogP contribution in [0, 0.1) is 5.92 Å². The van der Waals surface area contributed by atoms with E-state index >= 15 is 0 Å². The lowest BCUT2D eigenvalue weighted by Gasteiger charge is -2.30. The van der Waals surface area contributed by atoms with Crippen LogP contribution in [0.3, 0.4) is 0 Å². The third-order valence-electron chi connectivity index (χ3n) is 5.73. The van der Waals surface area contributed by atoms with Gasteiger partial charge in [0.2, 0.25) is 10.0 Å². The summed E-state index contributed by atoms with van der Waals surface area (Å²) in [4.78, 5) is 36.6. The third-order valence-corrected chi connectivity index (χ3v) is 7.68. The molecular formula is C24H27NO7S. The van der Waals surface area contributed by atoms with E-state index in [-0.39, 0.29) is 48.8 Å². The Labute approximate surface area is 193 Å². The Bertz CT molecular complexity index is 1120. The van der Waals surface area contributed by atoms with Crippen LogP contribution in [0.4, 0.5) is 0 Å². The van der Waals surface area contributed by atoms with Gasteiger partial charge in [-0.15, -0.1) is 0 Å². The fraction of sp³-hybridized carbons (Fsp3) is 0.375. The highest BCUT2D eigenvalue weighted by Gasteiger charge is 2.35. The van der Waals surface area contributed by atoms with Crippen molar-refractivity contribution in [3.8, 4) is 0 Å². The molecule has 2 aromatic rings. The zero-order chi connectivity index (χ0) is 24.0. The molecule has 0 atom stereocenters. The van der Waals surface area contributed by atoms with E-state index in [0.29, 0.717) is 5.56 Å². The van der Waals surface area contributed by atoms with E-state index in [0.717, 1.165) is 12.0 Å². The highest BCUT2D eigenvalue weighted by atomic mass is 32.2. The number of sulfonamides is 1. The number of hydrogen-bond acceptors (Lipinski definition) is 7. The summed E-state index contributed by atoms with van der Waals surface area (Å²) in [5.74, 6) is -2.03. The normalized spacial score (nSPS) is 15.1. The van der Waals surface area contributed by atoms with Gasteiger partial charge in [-0.3, -0.25) is 9.59 Å². The third kappa shape index (κ3) is 5.66. The van der Waals surface area contributed by atoms with Crippen LogP contribution in [0.25, 0.3) is 0 Å². The number of nitrogens with zero attached hydrogens (tertiary/aromatic N) is 1. The van der Waals surface area contributed by atoms with Gasteiger partial charge in [-0.25, -0.2) is 13.2 Å². The van der Waals surface area contributed by atoms with E-state index in [2.05, 4.69) is 4.74 Å². The minimum Gasteiger partial charge on any atom is -0.465 e. The molecule has 1 heterocycles. The molecule has 0 saturated carbocycles. The molecule has 33 heavy (non-hydrogen) atoms. The molecule has 1 saturated heterocycles. The number of ether oxygens (including phenoxy) is 2. The highest BCUT2D eigenvalue weighted by molar-refractivity contribution is 7.89. The summed E-state index contributed by atoms with van der Waals surface area (Å²) in [5, 5.41) is 0. The maximum atomic E-state index is 13.1.